The summed E-state index contributed by atoms with van der Waals surface area (Å²) in [6.07, 6.45) is 1.63. The van der Waals surface area contributed by atoms with E-state index in [1.807, 2.05) is 13.8 Å². The number of azide groups is 1. The lowest BCUT2D eigenvalue weighted by atomic mass is 9.99. The molecule has 0 aliphatic rings. The molecular formula is C11H22N4O2. The van der Waals surface area contributed by atoms with Crippen LogP contribution >= 0.6 is 0 Å². The average Bonchev–Trinajstić information content (AvgIpc) is 2.33. The molecule has 6 nitrogen and oxygen atoms in total. The van der Waals surface area contributed by atoms with Crippen LogP contribution < -0.4 is 5.32 Å². The summed E-state index contributed by atoms with van der Waals surface area (Å²) in [6.45, 7) is 7.34. The van der Waals surface area contributed by atoms with Crippen LogP contribution in [0, 0.1) is 5.92 Å². The molecule has 6 heteroatoms. The molecule has 0 fully saturated rings. The van der Waals surface area contributed by atoms with Crippen molar-refractivity contribution in [2.24, 2.45) is 11.0 Å². The normalized spacial score (nSPS) is 13.6. The zero-order valence-corrected chi connectivity index (χ0v) is 10.8. The van der Waals surface area contributed by atoms with E-state index in [0.717, 1.165) is 12.8 Å². The monoisotopic (exact) mass is 242 g/mol. The molecule has 0 saturated heterocycles. The Morgan fingerprint density at radius 1 is 1.53 bits per heavy atom. The third-order valence-corrected chi connectivity index (χ3v) is 2.62. The van der Waals surface area contributed by atoms with Gasteiger partial charge in [0.15, 0.2) is 0 Å². The lowest BCUT2D eigenvalue weighted by Crippen LogP contribution is -2.43. The first kappa shape index (κ1) is 15.7. The van der Waals surface area contributed by atoms with Crippen molar-refractivity contribution >= 4 is 5.97 Å². The average molecular weight is 242 g/mol. The molecule has 1 N–H and O–H groups in total. The van der Waals surface area contributed by atoms with Gasteiger partial charge in [-0.2, -0.15) is 0 Å². The SMILES string of the molecule is CCOC(=O)C(NCCCN=[N+]=[N-])C(C)CC. The zero-order valence-electron chi connectivity index (χ0n) is 10.8. The summed E-state index contributed by atoms with van der Waals surface area (Å²) in [7, 11) is 0. The molecule has 0 radical (unpaired) electrons. The summed E-state index contributed by atoms with van der Waals surface area (Å²) >= 11 is 0. The van der Waals surface area contributed by atoms with Gasteiger partial charge in [0, 0.05) is 11.5 Å². The highest BCUT2D eigenvalue weighted by Crippen LogP contribution is 2.09. The topological polar surface area (TPSA) is 87.1 Å². The molecule has 0 aliphatic carbocycles. The summed E-state index contributed by atoms with van der Waals surface area (Å²) in [6, 6.07) is -0.272. The van der Waals surface area contributed by atoms with Gasteiger partial charge in [-0.05, 0) is 31.3 Å². The number of hydrogen-bond donors (Lipinski definition) is 1. The van der Waals surface area contributed by atoms with E-state index < -0.39 is 0 Å². The standard InChI is InChI=1S/C11H22N4O2/c1-4-9(3)10(11(16)17-5-2)13-7-6-8-14-15-12/h9-10,13H,4-8H2,1-3H3. The summed E-state index contributed by atoms with van der Waals surface area (Å²) in [5.41, 5.74) is 8.12. The highest BCUT2D eigenvalue weighted by atomic mass is 16.5. The van der Waals surface area contributed by atoms with E-state index in [4.69, 9.17) is 10.3 Å². The first-order chi connectivity index (χ1) is 8.17. The Kier molecular flexibility index (Phi) is 9.19. The molecular weight excluding hydrogens is 220 g/mol. The van der Waals surface area contributed by atoms with E-state index in [1.165, 1.54) is 0 Å². The predicted octanol–water partition coefficient (Wildman–Crippen LogP) is 2.25. The Morgan fingerprint density at radius 2 is 2.24 bits per heavy atom. The highest BCUT2D eigenvalue weighted by molar-refractivity contribution is 5.76. The fourth-order valence-electron chi connectivity index (χ4n) is 1.44. The van der Waals surface area contributed by atoms with Crippen molar-refractivity contribution in [3.63, 3.8) is 0 Å². The molecule has 0 aromatic carbocycles. The number of rotatable bonds is 9. The van der Waals surface area contributed by atoms with Crippen LogP contribution in [-0.4, -0.2) is 31.7 Å². The predicted molar refractivity (Wildman–Crippen MR) is 66.5 cm³/mol. The van der Waals surface area contributed by atoms with Crippen LogP contribution in [0.2, 0.25) is 0 Å². The quantitative estimate of drug-likeness (QED) is 0.221. The van der Waals surface area contributed by atoms with Crippen LogP contribution in [0.3, 0.4) is 0 Å². The van der Waals surface area contributed by atoms with Gasteiger partial charge >= 0.3 is 5.97 Å². The van der Waals surface area contributed by atoms with Crippen molar-refractivity contribution < 1.29 is 9.53 Å². The Balaban J connectivity index is 4.10. The maximum absolute atomic E-state index is 11.7. The van der Waals surface area contributed by atoms with Crippen LogP contribution in [0.1, 0.15) is 33.6 Å². The molecule has 0 bridgehead atoms. The highest BCUT2D eigenvalue weighted by Gasteiger charge is 2.24. The number of carbonyl (C=O) groups excluding carboxylic acids is 1. The van der Waals surface area contributed by atoms with Crippen molar-refractivity contribution in [2.45, 2.75) is 39.7 Å². The van der Waals surface area contributed by atoms with Crippen molar-refractivity contribution in [3.05, 3.63) is 10.4 Å². The minimum absolute atomic E-state index is 0.203. The lowest BCUT2D eigenvalue weighted by Gasteiger charge is -2.22. The van der Waals surface area contributed by atoms with E-state index in [9.17, 15) is 4.79 Å². The largest absolute Gasteiger partial charge is 0.465 e. The van der Waals surface area contributed by atoms with Crippen LogP contribution in [0.25, 0.3) is 10.4 Å². The van der Waals surface area contributed by atoms with Gasteiger partial charge in [0.2, 0.25) is 0 Å². The molecule has 0 saturated carbocycles. The Bertz CT molecular complexity index is 264. The number of nitrogens with one attached hydrogen (secondary N) is 1. The maximum Gasteiger partial charge on any atom is 0.323 e. The van der Waals surface area contributed by atoms with E-state index in [0.29, 0.717) is 19.7 Å². The fourth-order valence-corrected chi connectivity index (χ4v) is 1.44. The number of ether oxygens (including phenoxy) is 1. The van der Waals surface area contributed by atoms with Gasteiger partial charge in [-0.15, -0.1) is 0 Å². The summed E-state index contributed by atoms with van der Waals surface area (Å²) in [4.78, 5) is 14.4. The van der Waals surface area contributed by atoms with Crippen LogP contribution in [0.4, 0.5) is 0 Å². The molecule has 0 aromatic heterocycles. The number of hydrogen-bond acceptors (Lipinski definition) is 4. The van der Waals surface area contributed by atoms with Gasteiger partial charge in [-0.1, -0.05) is 25.4 Å². The number of nitrogens with zero attached hydrogens (tertiary/aromatic N) is 3. The lowest BCUT2D eigenvalue weighted by molar-refractivity contribution is -0.147. The molecule has 0 spiro atoms. The third-order valence-electron chi connectivity index (χ3n) is 2.62. The second kappa shape index (κ2) is 9.93. The summed E-state index contributed by atoms with van der Waals surface area (Å²) in [5, 5.41) is 6.60. The number of esters is 1. The van der Waals surface area contributed by atoms with E-state index in [-0.39, 0.29) is 17.9 Å². The summed E-state index contributed by atoms with van der Waals surface area (Å²) < 4.78 is 5.02. The first-order valence-electron chi connectivity index (χ1n) is 6.08. The van der Waals surface area contributed by atoms with Gasteiger partial charge in [0.25, 0.3) is 0 Å². The second-order valence-corrected chi connectivity index (χ2v) is 3.88. The molecule has 0 heterocycles. The molecule has 0 aromatic rings. The van der Waals surface area contributed by atoms with Gasteiger partial charge in [0.1, 0.15) is 6.04 Å². The van der Waals surface area contributed by atoms with Crippen LogP contribution in [-0.2, 0) is 9.53 Å². The molecule has 0 amide bonds. The molecule has 17 heavy (non-hydrogen) atoms. The van der Waals surface area contributed by atoms with Crippen molar-refractivity contribution in [3.8, 4) is 0 Å². The Morgan fingerprint density at radius 3 is 2.76 bits per heavy atom. The zero-order chi connectivity index (χ0) is 13.1. The molecule has 2 atom stereocenters. The van der Waals surface area contributed by atoms with E-state index in [2.05, 4.69) is 15.3 Å². The van der Waals surface area contributed by atoms with Crippen LogP contribution in [0.5, 0.6) is 0 Å². The van der Waals surface area contributed by atoms with E-state index >= 15 is 0 Å². The van der Waals surface area contributed by atoms with Gasteiger partial charge < -0.3 is 10.1 Å². The van der Waals surface area contributed by atoms with Crippen molar-refractivity contribution in [1.29, 1.82) is 0 Å². The minimum Gasteiger partial charge on any atom is -0.465 e. The fraction of sp³-hybridized carbons (Fsp3) is 0.909. The molecule has 0 aliphatic heterocycles. The summed E-state index contributed by atoms with van der Waals surface area (Å²) in [5.74, 6) is 0.0270. The van der Waals surface area contributed by atoms with Crippen LogP contribution in [0.15, 0.2) is 5.11 Å². The Labute approximate surface area is 102 Å². The molecule has 98 valence electrons. The maximum atomic E-state index is 11.7. The van der Waals surface area contributed by atoms with Crippen molar-refractivity contribution in [1.82, 2.24) is 5.32 Å². The van der Waals surface area contributed by atoms with Gasteiger partial charge in [0.05, 0.1) is 6.61 Å². The van der Waals surface area contributed by atoms with Gasteiger partial charge in [-0.3, -0.25) is 4.79 Å². The minimum atomic E-state index is -0.272. The number of carbonyl (C=O) groups is 1. The first-order valence-corrected chi connectivity index (χ1v) is 6.08. The Hall–Kier alpha value is -1.26. The van der Waals surface area contributed by atoms with Gasteiger partial charge in [-0.25, -0.2) is 0 Å². The smallest absolute Gasteiger partial charge is 0.323 e. The van der Waals surface area contributed by atoms with Crippen molar-refractivity contribution in [2.75, 3.05) is 19.7 Å². The third kappa shape index (κ3) is 6.81. The van der Waals surface area contributed by atoms with E-state index in [1.54, 1.807) is 6.92 Å². The molecule has 0 rings (SSSR count). The second-order valence-electron chi connectivity index (χ2n) is 3.88. The molecule has 2 unspecified atom stereocenters.